The van der Waals surface area contributed by atoms with Crippen LogP contribution in [0.25, 0.3) is 0 Å². The van der Waals surface area contributed by atoms with Gasteiger partial charge in [0.15, 0.2) is 0 Å². The summed E-state index contributed by atoms with van der Waals surface area (Å²) in [6, 6.07) is 0. The highest BCUT2D eigenvalue weighted by Gasteiger charge is 2.37. The number of rotatable bonds is 14. The summed E-state index contributed by atoms with van der Waals surface area (Å²) in [6.45, 7) is 2.14. The Kier molecular flexibility index (Phi) is 10.9. The summed E-state index contributed by atoms with van der Waals surface area (Å²) in [5.74, 6) is -0.363. The third kappa shape index (κ3) is 8.57. The molecular weight excluding hydrogens is 405 g/mol. The lowest BCUT2D eigenvalue weighted by Crippen LogP contribution is -2.33. The van der Waals surface area contributed by atoms with Crippen LogP contribution in [-0.2, 0) is 14.3 Å². The number of carbonyl (C=O) groups excluding carboxylic acids is 1. The van der Waals surface area contributed by atoms with Crippen LogP contribution in [0.5, 0.6) is 0 Å². The van der Waals surface area contributed by atoms with E-state index >= 15 is 0 Å². The van der Waals surface area contributed by atoms with Gasteiger partial charge in [-0.1, -0.05) is 44.9 Å². The van der Waals surface area contributed by atoms with Crippen molar-refractivity contribution in [2.45, 2.75) is 96.1 Å². The molecule has 31 heavy (non-hydrogen) atoms. The number of hydrogen-bond donors (Lipinski definition) is 2. The van der Waals surface area contributed by atoms with Gasteiger partial charge in [-0.2, -0.15) is 0 Å². The van der Waals surface area contributed by atoms with Gasteiger partial charge in [-0.05, 0) is 26.3 Å². The zero-order valence-corrected chi connectivity index (χ0v) is 18.4. The molecule has 0 spiro atoms. The van der Waals surface area contributed by atoms with Gasteiger partial charge in [0.2, 0.25) is 0 Å². The molecule has 1 aliphatic rings. The normalized spacial score (nSPS) is 20.8. The first kappa shape index (κ1) is 25.3. The molecule has 1 saturated heterocycles. The molecule has 1 aromatic rings. The van der Waals surface area contributed by atoms with Crippen LogP contribution < -0.4 is 17.0 Å². The number of carbonyl (C=O) groups is 1. The number of esters is 1. The van der Waals surface area contributed by atoms with E-state index < -0.39 is 29.8 Å². The molecule has 2 heterocycles. The standard InChI is InChI=1S/C22H36FN3O5/c1-16-14-26(22(29)25-21(16)28)19-13-17(23)18(31-19)15-30-20(27)11-9-7-5-3-2-4-6-8-10-12-24/h14,17-19H,2-13,15,24H2,1H3,(H,25,28,29)/t17-,18+,19+/m0/s1. The zero-order valence-electron chi connectivity index (χ0n) is 18.4. The van der Waals surface area contributed by atoms with E-state index in [0.717, 1.165) is 32.2 Å². The molecule has 0 amide bonds. The number of aromatic amines is 1. The van der Waals surface area contributed by atoms with E-state index in [0.29, 0.717) is 12.0 Å². The van der Waals surface area contributed by atoms with Crippen molar-refractivity contribution in [2.24, 2.45) is 5.73 Å². The molecule has 2 rings (SSSR count). The third-order valence-electron chi connectivity index (χ3n) is 5.61. The van der Waals surface area contributed by atoms with Gasteiger partial charge in [0.25, 0.3) is 5.56 Å². The second-order valence-electron chi connectivity index (χ2n) is 8.26. The van der Waals surface area contributed by atoms with Crippen molar-refractivity contribution in [2.75, 3.05) is 13.2 Å². The Labute approximate surface area is 182 Å². The van der Waals surface area contributed by atoms with Crippen LogP contribution in [0, 0.1) is 6.92 Å². The van der Waals surface area contributed by atoms with Gasteiger partial charge in [-0.3, -0.25) is 19.1 Å². The first-order valence-corrected chi connectivity index (χ1v) is 11.4. The number of halogens is 1. The second kappa shape index (κ2) is 13.4. The quantitative estimate of drug-likeness (QED) is 0.339. The number of aryl methyl sites for hydroxylation is 1. The van der Waals surface area contributed by atoms with E-state index in [1.807, 2.05) is 0 Å². The maximum Gasteiger partial charge on any atom is 0.330 e. The molecule has 0 aliphatic carbocycles. The van der Waals surface area contributed by atoms with Gasteiger partial charge >= 0.3 is 11.7 Å². The number of nitrogens with one attached hydrogen (secondary N) is 1. The molecule has 0 saturated carbocycles. The smallest absolute Gasteiger partial charge is 0.330 e. The van der Waals surface area contributed by atoms with Crippen molar-refractivity contribution in [1.82, 2.24) is 9.55 Å². The Morgan fingerprint density at radius 3 is 2.42 bits per heavy atom. The summed E-state index contributed by atoms with van der Waals surface area (Å²) in [4.78, 5) is 37.5. The molecule has 1 aliphatic heterocycles. The number of nitrogens with zero attached hydrogens (tertiary/aromatic N) is 1. The number of aromatic nitrogens is 2. The number of H-pyrrole nitrogens is 1. The minimum atomic E-state index is -1.36. The molecule has 0 radical (unpaired) electrons. The summed E-state index contributed by atoms with van der Waals surface area (Å²) in [7, 11) is 0. The molecule has 0 bridgehead atoms. The van der Waals surface area contributed by atoms with E-state index in [4.69, 9.17) is 15.2 Å². The lowest BCUT2D eigenvalue weighted by Gasteiger charge is -2.16. The lowest BCUT2D eigenvalue weighted by molar-refractivity contribution is -0.149. The fourth-order valence-corrected chi connectivity index (χ4v) is 3.71. The Bertz CT molecular complexity index is 794. The fourth-order valence-electron chi connectivity index (χ4n) is 3.71. The maximum atomic E-state index is 14.3. The van der Waals surface area contributed by atoms with E-state index in [1.165, 1.54) is 42.9 Å². The molecule has 0 aromatic carbocycles. The van der Waals surface area contributed by atoms with Crippen LogP contribution in [0.15, 0.2) is 15.8 Å². The van der Waals surface area contributed by atoms with Crippen LogP contribution in [0.1, 0.15) is 82.4 Å². The highest BCUT2D eigenvalue weighted by Crippen LogP contribution is 2.30. The van der Waals surface area contributed by atoms with Crippen LogP contribution in [-0.4, -0.2) is 40.9 Å². The average molecular weight is 442 g/mol. The molecule has 3 atom stereocenters. The fraction of sp³-hybridized carbons (Fsp3) is 0.773. The number of alkyl halides is 1. The highest BCUT2D eigenvalue weighted by molar-refractivity contribution is 5.69. The number of unbranched alkanes of at least 4 members (excludes halogenated alkanes) is 8. The van der Waals surface area contributed by atoms with Gasteiger partial charge in [0.1, 0.15) is 25.1 Å². The van der Waals surface area contributed by atoms with Gasteiger partial charge < -0.3 is 15.2 Å². The summed E-state index contributed by atoms with van der Waals surface area (Å²) >= 11 is 0. The number of nitrogens with two attached hydrogens (primary N) is 1. The summed E-state index contributed by atoms with van der Waals surface area (Å²) in [5, 5.41) is 0. The lowest BCUT2D eigenvalue weighted by atomic mass is 10.1. The van der Waals surface area contributed by atoms with Crippen LogP contribution >= 0.6 is 0 Å². The van der Waals surface area contributed by atoms with Gasteiger partial charge in [-0.25, -0.2) is 9.18 Å². The summed E-state index contributed by atoms with van der Waals surface area (Å²) in [6.07, 6.45) is 8.48. The van der Waals surface area contributed by atoms with Gasteiger partial charge in [0.05, 0.1) is 0 Å². The van der Waals surface area contributed by atoms with Crippen molar-refractivity contribution in [3.8, 4) is 0 Å². The predicted molar refractivity (Wildman–Crippen MR) is 116 cm³/mol. The van der Waals surface area contributed by atoms with Gasteiger partial charge in [-0.15, -0.1) is 0 Å². The topological polar surface area (TPSA) is 116 Å². The van der Waals surface area contributed by atoms with Crippen molar-refractivity contribution < 1.29 is 18.7 Å². The second-order valence-corrected chi connectivity index (χ2v) is 8.26. The molecule has 3 N–H and O–H groups in total. The molecule has 176 valence electrons. The summed E-state index contributed by atoms with van der Waals surface area (Å²) < 4.78 is 26.2. The molecular formula is C22H36FN3O5. The van der Waals surface area contributed by atoms with Crippen molar-refractivity contribution in [3.63, 3.8) is 0 Å². The van der Waals surface area contributed by atoms with Crippen molar-refractivity contribution in [1.29, 1.82) is 0 Å². The monoisotopic (exact) mass is 441 g/mol. The Morgan fingerprint density at radius 2 is 1.77 bits per heavy atom. The van der Waals surface area contributed by atoms with Crippen LogP contribution in [0.4, 0.5) is 4.39 Å². The van der Waals surface area contributed by atoms with Crippen LogP contribution in [0.2, 0.25) is 0 Å². The van der Waals surface area contributed by atoms with E-state index in [1.54, 1.807) is 6.92 Å². The van der Waals surface area contributed by atoms with E-state index in [2.05, 4.69) is 4.98 Å². The maximum absolute atomic E-state index is 14.3. The number of ether oxygens (including phenoxy) is 2. The average Bonchev–Trinajstić information content (AvgIpc) is 3.10. The Balaban J connectivity index is 1.60. The Hall–Kier alpha value is -2.00. The zero-order chi connectivity index (χ0) is 22.6. The molecule has 9 heteroatoms. The Morgan fingerprint density at radius 1 is 1.16 bits per heavy atom. The first-order valence-electron chi connectivity index (χ1n) is 11.4. The predicted octanol–water partition coefficient (Wildman–Crippen LogP) is 2.87. The van der Waals surface area contributed by atoms with Crippen molar-refractivity contribution in [3.05, 3.63) is 32.6 Å². The largest absolute Gasteiger partial charge is 0.463 e. The summed E-state index contributed by atoms with van der Waals surface area (Å²) in [5.41, 5.74) is 4.67. The molecule has 8 nitrogen and oxygen atoms in total. The molecule has 1 fully saturated rings. The minimum absolute atomic E-state index is 0.0418. The first-order chi connectivity index (χ1) is 14.9. The van der Waals surface area contributed by atoms with Gasteiger partial charge in [0, 0.05) is 24.6 Å². The highest BCUT2D eigenvalue weighted by atomic mass is 19.1. The molecule has 0 unspecified atom stereocenters. The van der Waals surface area contributed by atoms with E-state index in [-0.39, 0.29) is 19.0 Å². The molecule has 1 aromatic heterocycles. The third-order valence-corrected chi connectivity index (χ3v) is 5.61. The van der Waals surface area contributed by atoms with E-state index in [9.17, 15) is 18.8 Å². The van der Waals surface area contributed by atoms with Crippen LogP contribution in [0.3, 0.4) is 0 Å². The number of hydrogen-bond acceptors (Lipinski definition) is 6. The SMILES string of the molecule is Cc1cn([C@H]2C[C@H](F)[C@@H](COC(=O)CCCCCCCCCCCN)O2)c(=O)[nH]c1=O. The van der Waals surface area contributed by atoms with Crippen molar-refractivity contribution >= 4 is 5.97 Å². The minimum Gasteiger partial charge on any atom is -0.463 e.